The van der Waals surface area contributed by atoms with Gasteiger partial charge in [0, 0.05) is 0 Å². The van der Waals surface area contributed by atoms with E-state index in [9.17, 15) is 8.42 Å². The van der Waals surface area contributed by atoms with Gasteiger partial charge in [-0.1, -0.05) is 18.3 Å². The molecule has 0 aliphatic carbocycles. The lowest BCUT2D eigenvalue weighted by Crippen LogP contribution is -2.05. The molecule has 0 saturated heterocycles. The number of nitrogens with zero attached hydrogens (tertiary/aromatic N) is 2. The molecule has 14 heavy (non-hydrogen) atoms. The molecule has 0 radical (unpaired) electrons. The van der Waals surface area contributed by atoms with Crippen LogP contribution in [-0.2, 0) is 9.84 Å². The van der Waals surface area contributed by atoms with Gasteiger partial charge in [-0.05, 0) is 6.42 Å². The Morgan fingerprint density at radius 1 is 1.64 bits per heavy atom. The van der Waals surface area contributed by atoms with Gasteiger partial charge in [-0.2, -0.15) is 5.26 Å². The summed E-state index contributed by atoms with van der Waals surface area (Å²) >= 11 is 0.821. The first-order valence-electron chi connectivity index (χ1n) is 3.90. The smallest absolute Gasteiger partial charge is 0.212 e. The predicted octanol–water partition coefficient (Wildman–Crippen LogP) is 0.781. The first kappa shape index (κ1) is 10.9. The van der Waals surface area contributed by atoms with Crippen molar-refractivity contribution in [3.8, 4) is 6.07 Å². The number of hydrogen-bond donors (Lipinski definition) is 1. The van der Waals surface area contributed by atoms with Gasteiger partial charge in [0.05, 0.1) is 5.75 Å². The van der Waals surface area contributed by atoms with Crippen LogP contribution in [0.1, 0.15) is 18.2 Å². The zero-order valence-electron chi connectivity index (χ0n) is 7.52. The summed E-state index contributed by atoms with van der Waals surface area (Å²) in [5.74, 6) is 0.0253. The van der Waals surface area contributed by atoms with Crippen molar-refractivity contribution in [3.63, 3.8) is 0 Å². The van der Waals surface area contributed by atoms with Crippen molar-refractivity contribution in [3.05, 3.63) is 4.88 Å². The van der Waals surface area contributed by atoms with Crippen molar-refractivity contribution in [2.75, 3.05) is 11.5 Å². The normalized spacial score (nSPS) is 11.1. The number of nitrogen functional groups attached to an aromatic ring is 1. The van der Waals surface area contributed by atoms with Crippen LogP contribution in [0, 0.1) is 11.3 Å². The molecular weight excluding hydrogens is 222 g/mol. The number of sulfone groups is 1. The standard InChI is InChI=1S/C7H9N3O2S2/c1-2-3-14(11,12)7-10-6(9)5(4-8)13-7/h2-3,9H2,1H3. The second kappa shape index (κ2) is 3.94. The lowest BCUT2D eigenvalue weighted by Gasteiger charge is -1.94. The molecule has 5 nitrogen and oxygen atoms in total. The summed E-state index contributed by atoms with van der Waals surface area (Å²) in [6.07, 6.45) is 0.518. The second-order valence-corrected chi connectivity index (χ2v) is 5.91. The monoisotopic (exact) mass is 231 g/mol. The molecule has 0 aliphatic rings. The van der Waals surface area contributed by atoms with Gasteiger partial charge in [0.2, 0.25) is 14.2 Å². The number of thiazole rings is 1. The van der Waals surface area contributed by atoms with Gasteiger partial charge in [0.15, 0.2) is 5.82 Å². The lowest BCUT2D eigenvalue weighted by molar-refractivity contribution is 0.594. The minimum atomic E-state index is -3.35. The number of hydrogen-bond acceptors (Lipinski definition) is 6. The molecule has 76 valence electrons. The number of nitriles is 1. The second-order valence-electron chi connectivity index (χ2n) is 2.62. The highest BCUT2D eigenvalue weighted by Crippen LogP contribution is 2.24. The summed E-state index contributed by atoms with van der Waals surface area (Å²) in [6.45, 7) is 1.76. The summed E-state index contributed by atoms with van der Waals surface area (Å²) in [4.78, 5) is 3.81. The summed E-state index contributed by atoms with van der Waals surface area (Å²) in [7, 11) is -3.35. The van der Waals surface area contributed by atoms with Crippen molar-refractivity contribution in [2.24, 2.45) is 0 Å². The van der Waals surface area contributed by atoms with Crippen LogP contribution in [0.2, 0.25) is 0 Å². The fourth-order valence-electron chi connectivity index (χ4n) is 0.881. The Bertz CT molecular complexity index is 470. The van der Waals surface area contributed by atoms with Crippen LogP contribution in [0.4, 0.5) is 5.82 Å². The van der Waals surface area contributed by atoms with E-state index in [1.165, 1.54) is 0 Å². The molecule has 0 fully saturated rings. The molecule has 1 aromatic heterocycles. The minimum Gasteiger partial charge on any atom is -0.382 e. The van der Waals surface area contributed by atoms with Crippen LogP contribution in [0.15, 0.2) is 4.34 Å². The van der Waals surface area contributed by atoms with E-state index in [-0.39, 0.29) is 20.8 Å². The maximum absolute atomic E-state index is 11.5. The highest BCUT2D eigenvalue weighted by molar-refractivity contribution is 7.93. The van der Waals surface area contributed by atoms with Crippen LogP contribution in [0.5, 0.6) is 0 Å². The van der Waals surface area contributed by atoms with Crippen molar-refractivity contribution >= 4 is 27.0 Å². The molecule has 1 rings (SSSR count). The van der Waals surface area contributed by atoms with E-state index in [1.54, 1.807) is 13.0 Å². The fraction of sp³-hybridized carbons (Fsp3) is 0.429. The molecule has 7 heteroatoms. The fourth-order valence-corrected chi connectivity index (χ4v) is 3.35. The Morgan fingerprint density at radius 2 is 2.29 bits per heavy atom. The first-order valence-corrected chi connectivity index (χ1v) is 6.37. The van der Waals surface area contributed by atoms with E-state index in [0.29, 0.717) is 6.42 Å². The van der Waals surface area contributed by atoms with Crippen LogP contribution in [0.25, 0.3) is 0 Å². The Morgan fingerprint density at radius 3 is 2.71 bits per heavy atom. The molecular formula is C7H9N3O2S2. The largest absolute Gasteiger partial charge is 0.382 e. The zero-order valence-corrected chi connectivity index (χ0v) is 9.15. The molecule has 2 N–H and O–H groups in total. The third-order valence-electron chi connectivity index (χ3n) is 1.47. The SMILES string of the molecule is CCCS(=O)(=O)c1nc(N)c(C#N)s1. The Hall–Kier alpha value is -1.13. The van der Waals surface area contributed by atoms with E-state index in [1.807, 2.05) is 0 Å². The van der Waals surface area contributed by atoms with E-state index in [2.05, 4.69) is 4.98 Å². The minimum absolute atomic E-state index is 0.00724. The van der Waals surface area contributed by atoms with Crippen LogP contribution >= 0.6 is 11.3 Å². The van der Waals surface area contributed by atoms with Crippen molar-refractivity contribution in [1.82, 2.24) is 4.98 Å². The average Bonchev–Trinajstić information content (AvgIpc) is 2.47. The van der Waals surface area contributed by atoms with E-state index in [4.69, 9.17) is 11.0 Å². The maximum Gasteiger partial charge on any atom is 0.212 e. The first-order chi connectivity index (χ1) is 6.51. The topological polar surface area (TPSA) is 96.8 Å². The van der Waals surface area contributed by atoms with Gasteiger partial charge in [0.1, 0.15) is 10.9 Å². The van der Waals surface area contributed by atoms with Gasteiger partial charge in [-0.3, -0.25) is 0 Å². The molecule has 1 aromatic rings. The molecule has 0 unspecified atom stereocenters. The number of aromatic nitrogens is 1. The number of anilines is 1. The van der Waals surface area contributed by atoms with Gasteiger partial charge >= 0.3 is 0 Å². The molecule has 1 heterocycles. The summed E-state index contributed by atoms with van der Waals surface area (Å²) in [6, 6.07) is 1.80. The predicted molar refractivity (Wildman–Crippen MR) is 53.6 cm³/mol. The van der Waals surface area contributed by atoms with Gasteiger partial charge in [-0.15, -0.1) is 0 Å². The van der Waals surface area contributed by atoms with Gasteiger partial charge in [0.25, 0.3) is 0 Å². The van der Waals surface area contributed by atoms with E-state index in [0.717, 1.165) is 11.3 Å². The van der Waals surface area contributed by atoms with Crippen molar-refractivity contribution < 1.29 is 8.42 Å². The molecule has 0 amide bonds. The molecule has 0 spiro atoms. The van der Waals surface area contributed by atoms with Crippen LogP contribution in [-0.4, -0.2) is 19.2 Å². The third kappa shape index (κ3) is 2.02. The van der Waals surface area contributed by atoms with E-state index < -0.39 is 9.84 Å². The van der Waals surface area contributed by atoms with Crippen LogP contribution < -0.4 is 5.73 Å². The Kier molecular flexibility index (Phi) is 3.08. The quantitative estimate of drug-likeness (QED) is 0.829. The van der Waals surface area contributed by atoms with Crippen LogP contribution in [0.3, 0.4) is 0 Å². The van der Waals surface area contributed by atoms with E-state index >= 15 is 0 Å². The highest BCUT2D eigenvalue weighted by atomic mass is 32.2. The number of rotatable bonds is 3. The highest BCUT2D eigenvalue weighted by Gasteiger charge is 2.20. The maximum atomic E-state index is 11.5. The summed E-state index contributed by atoms with van der Waals surface area (Å²) in [5, 5.41) is 8.57. The van der Waals surface area contributed by atoms with Crippen molar-refractivity contribution in [1.29, 1.82) is 5.26 Å². The zero-order chi connectivity index (χ0) is 10.8. The third-order valence-corrected chi connectivity index (χ3v) is 4.83. The molecule has 0 bridgehead atoms. The lowest BCUT2D eigenvalue weighted by atomic mass is 10.6. The summed E-state index contributed by atoms with van der Waals surface area (Å²) < 4.78 is 22.9. The van der Waals surface area contributed by atoms with Gasteiger partial charge in [-0.25, -0.2) is 13.4 Å². The average molecular weight is 231 g/mol. The summed E-state index contributed by atoms with van der Waals surface area (Å²) in [5.41, 5.74) is 5.36. The molecule has 0 aliphatic heterocycles. The Labute approximate surface area is 86.1 Å². The number of nitrogens with two attached hydrogens (primary N) is 1. The van der Waals surface area contributed by atoms with Crippen molar-refractivity contribution in [2.45, 2.75) is 17.7 Å². The molecule has 0 aromatic carbocycles. The Balaban J connectivity index is 3.16. The molecule has 0 atom stereocenters. The molecule has 0 saturated carbocycles. The van der Waals surface area contributed by atoms with Gasteiger partial charge < -0.3 is 5.73 Å².